The third kappa shape index (κ3) is 3.29. The quantitative estimate of drug-likeness (QED) is 0.818. The lowest BCUT2D eigenvalue weighted by molar-refractivity contribution is -0.138. The fourth-order valence-corrected chi connectivity index (χ4v) is 3.14. The first-order valence-corrected chi connectivity index (χ1v) is 7.71. The van der Waals surface area contributed by atoms with Crippen LogP contribution in [-0.2, 0) is 9.53 Å². The maximum atomic E-state index is 12.3. The number of nitrogens with one attached hydrogen (secondary N) is 2. The Kier molecular flexibility index (Phi) is 4.85. The van der Waals surface area contributed by atoms with Crippen LogP contribution in [-0.4, -0.2) is 37.2 Å². The van der Waals surface area contributed by atoms with Gasteiger partial charge in [-0.05, 0) is 32.7 Å². The lowest BCUT2D eigenvalue weighted by atomic mass is 9.64. The van der Waals surface area contributed by atoms with Crippen molar-refractivity contribution >= 4 is 5.91 Å². The molecule has 4 nitrogen and oxygen atoms in total. The van der Waals surface area contributed by atoms with Crippen molar-refractivity contribution in [2.45, 2.75) is 71.1 Å². The van der Waals surface area contributed by atoms with Gasteiger partial charge in [0.05, 0.1) is 12.1 Å². The normalized spacial score (nSPS) is 34.2. The van der Waals surface area contributed by atoms with Gasteiger partial charge in [0.2, 0.25) is 5.91 Å². The largest absolute Gasteiger partial charge is 0.378 e. The summed E-state index contributed by atoms with van der Waals surface area (Å²) in [6, 6.07) is 0.256. The van der Waals surface area contributed by atoms with Crippen LogP contribution in [0.25, 0.3) is 0 Å². The van der Waals surface area contributed by atoms with E-state index in [0.717, 1.165) is 32.4 Å². The smallest absolute Gasteiger partial charge is 0.237 e. The molecule has 2 rings (SSSR count). The van der Waals surface area contributed by atoms with E-state index in [4.69, 9.17) is 4.74 Å². The van der Waals surface area contributed by atoms with E-state index in [9.17, 15) is 4.79 Å². The number of hydrogen-bond acceptors (Lipinski definition) is 3. The van der Waals surface area contributed by atoms with Gasteiger partial charge in [-0.25, -0.2) is 0 Å². The van der Waals surface area contributed by atoms with Crippen molar-refractivity contribution in [1.82, 2.24) is 10.6 Å². The lowest BCUT2D eigenvalue weighted by Gasteiger charge is -2.51. The Bertz CT molecular complexity index is 309. The number of hydrogen-bond donors (Lipinski definition) is 2. The van der Waals surface area contributed by atoms with Crippen molar-refractivity contribution in [1.29, 1.82) is 0 Å². The predicted octanol–water partition coefficient (Wildman–Crippen LogP) is 1.84. The van der Waals surface area contributed by atoms with Crippen LogP contribution in [0.5, 0.6) is 0 Å². The minimum Gasteiger partial charge on any atom is -0.378 e. The minimum absolute atomic E-state index is 0.00411. The fraction of sp³-hybridized carbons (Fsp3) is 0.933. The molecule has 1 aliphatic carbocycles. The summed E-state index contributed by atoms with van der Waals surface area (Å²) in [5.74, 6) is 0.176. The van der Waals surface area contributed by atoms with E-state index in [1.165, 1.54) is 12.8 Å². The van der Waals surface area contributed by atoms with Crippen LogP contribution in [0.4, 0.5) is 0 Å². The highest BCUT2D eigenvalue weighted by atomic mass is 16.5. The third-order valence-electron chi connectivity index (χ3n) is 4.74. The SMILES string of the molecule is CCOC1CC(NC(=O)C2CCCCCN2)C1(C)C. The van der Waals surface area contributed by atoms with Crippen molar-refractivity contribution in [2.75, 3.05) is 13.2 Å². The van der Waals surface area contributed by atoms with E-state index in [0.29, 0.717) is 0 Å². The van der Waals surface area contributed by atoms with E-state index in [2.05, 4.69) is 24.5 Å². The Hall–Kier alpha value is -0.610. The molecular weight excluding hydrogens is 240 g/mol. The van der Waals surface area contributed by atoms with Gasteiger partial charge in [0.1, 0.15) is 0 Å². The van der Waals surface area contributed by atoms with E-state index in [1.54, 1.807) is 0 Å². The first-order valence-electron chi connectivity index (χ1n) is 7.71. The molecule has 3 atom stereocenters. The van der Waals surface area contributed by atoms with Crippen LogP contribution >= 0.6 is 0 Å². The Balaban J connectivity index is 1.83. The summed E-state index contributed by atoms with van der Waals surface area (Å²) < 4.78 is 5.70. The zero-order valence-corrected chi connectivity index (χ0v) is 12.5. The Labute approximate surface area is 116 Å². The van der Waals surface area contributed by atoms with Crippen LogP contribution < -0.4 is 10.6 Å². The molecule has 19 heavy (non-hydrogen) atoms. The molecule has 0 aromatic heterocycles. The van der Waals surface area contributed by atoms with Gasteiger partial charge in [0, 0.05) is 18.1 Å². The molecule has 0 bridgehead atoms. The Morgan fingerprint density at radius 1 is 1.37 bits per heavy atom. The van der Waals surface area contributed by atoms with Crippen molar-refractivity contribution < 1.29 is 9.53 Å². The van der Waals surface area contributed by atoms with Gasteiger partial charge in [-0.3, -0.25) is 4.79 Å². The molecule has 0 spiro atoms. The van der Waals surface area contributed by atoms with Gasteiger partial charge >= 0.3 is 0 Å². The molecule has 1 saturated heterocycles. The molecule has 2 aliphatic rings. The third-order valence-corrected chi connectivity index (χ3v) is 4.74. The second kappa shape index (κ2) is 6.23. The maximum Gasteiger partial charge on any atom is 0.237 e. The molecule has 2 fully saturated rings. The van der Waals surface area contributed by atoms with Crippen molar-refractivity contribution in [2.24, 2.45) is 5.41 Å². The van der Waals surface area contributed by atoms with Crippen LogP contribution in [0.2, 0.25) is 0 Å². The Morgan fingerprint density at radius 2 is 2.16 bits per heavy atom. The molecule has 0 aromatic carbocycles. The van der Waals surface area contributed by atoms with E-state index < -0.39 is 0 Å². The minimum atomic E-state index is 0.00411. The van der Waals surface area contributed by atoms with E-state index in [-0.39, 0.29) is 29.5 Å². The van der Waals surface area contributed by atoms with Gasteiger partial charge < -0.3 is 15.4 Å². The van der Waals surface area contributed by atoms with E-state index >= 15 is 0 Å². The molecule has 1 amide bonds. The van der Waals surface area contributed by atoms with Gasteiger partial charge in [0.15, 0.2) is 0 Å². The summed E-state index contributed by atoms with van der Waals surface area (Å²) >= 11 is 0. The summed E-state index contributed by atoms with van der Waals surface area (Å²) in [4.78, 5) is 12.3. The molecule has 2 N–H and O–H groups in total. The number of amides is 1. The number of carbonyl (C=O) groups excluding carboxylic acids is 1. The fourth-order valence-electron chi connectivity index (χ4n) is 3.14. The highest BCUT2D eigenvalue weighted by Gasteiger charge is 2.49. The molecule has 1 aliphatic heterocycles. The van der Waals surface area contributed by atoms with Gasteiger partial charge in [-0.1, -0.05) is 26.7 Å². The van der Waals surface area contributed by atoms with E-state index in [1.807, 2.05) is 6.92 Å². The summed E-state index contributed by atoms with van der Waals surface area (Å²) in [6.07, 6.45) is 5.77. The summed E-state index contributed by atoms with van der Waals surface area (Å²) in [6.45, 7) is 8.11. The summed E-state index contributed by atoms with van der Waals surface area (Å²) in [7, 11) is 0. The van der Waals surface area contributed by atoms with Crippen LogP contribution in [0.3, 0.4) is 0 Å². The van der Waals surface area contributed by atoms with Gasteiger partial charge in [-0.15, -0.1) is 0 Å². The monoisotopic (exact) mass is 268 g/mol. The highest BCUT2D eigenvalue weighted by Crippen LogP contribution is 2.42. The van der Waals surface area contributed by atoms with Crippen LogP contribution in [0.1, 0.15) is 52.9 Å². The highest BCUT2D eigenvalue weighted by molar-refractivity contribution is 5.82. The zero-order valence-electron chi connectivity index (χ0n) is 12.5. The van der Waals surface area contributed by atoms with Crippen LogP contribution in [0.15, 0.2) is 0 Å². The molecule has 0 radical (unpaired) electrons. The standard InChI is InChI=1S/C15H28N2O2/c1-4-19-13-10-12(15(13,2)3)17-14(18)11-8-6-5-7-9-16-11/h11-13,16H,4-10H2,1-3H3,(H,17,18). The van der Waals surface area contributed by atoms with Crippen molar-refractivity contribution in [3.05, 3.63) is 0 Å². The average Bonchev–Trinajstić information content (AvgIpc) is 2.66. The van der Waals surface area contributed by atoms with Crippen molar-refractivity contribution in [3.63, 3.8) is 0 Å². The first kappa shape index (κ1) is 14.8. The molecule has 110 valence electrons. The first-order chi connectivity index (χ1) is 9.05. The lowest BCUT2D eigenvalue weighted by Crippen LogP contribution is -2.63. The molecule has 1 heterocycles. The van der Waals surface area contributed by atoms with Gasteiger partial charge in [-0.2, -0.15) is 0 Å². The number of ether oxygens (including phenoxy) is 1. The predicted molar refractivity (Wildman–Crippen MR) is 76.0 cm³/mol. The second-order valence-corrected chi connectivity index (χ2v) is 6.42. The molecule has 3 unspecified atom stereocenters. The maximum absolute atomic E-state index is 12.3. The molecular formula is C15H28N2O2. The summed E-state index contributed by atoms with van der Waals surface area (Å²) in [5, 5.41) is 6.57. The van der Waals surface area contributed by atoms with Gasteiger partial charge in [0.25, 0.3) is 0 Å². The summed E-state index contributed by atoms with van der Waals surface area (Å²) in [5.41, 5.74) is 0.0520. The molecule has 4 heteroatoms. The second-order valence-electron chi connectivity index (χ2n) is 6.42. The Morgan fingerprint density at radius 3 is 2.84 bits per heavy atom. The van der Waals surface area contributed by atoms with Crippen molar-refractivity contribution in [3.8, 4) is 0 Å². The topological polar surface area (TPSA) is 50.4 Å². The number of rotatable bonds is 4. The molecule has 0 aromatic rings. The molecule has 1 saturated carbocycles. The zero-order chi connectivity index (χ0) is 13.9. The average molecular weight is 268 g/mol. The number of carbonyl (C=O) groups is 1. The van der Waals surface area contributed by atoms with Crippen LogP contribution in [0, 0.1) is 5.41 Å².